The second kappa shape index (κ2) is 5.50. The van der Waals surface area contributed by atoms with E-state index in [1.54, 1.807) is 14.2 Å². The molecule has 0 heterocycles. The highest BCUT2D eigenvalue weighted by Gasteiger charge is 2.08. The molecule has 1 aromatic rings. The summed E-state index contributed by atoms with van der Waals surface area (Å²) in [4.78, 5) is 0. The summed E-state index contributed by atoms with van der Waals surface area (Å²) in [7, 11) is 3.27. The number of methoxy groups -OCH3 is 2. The van der Waals surface area contributed by atoms with Gasteiger partial charge in [0.1, 0.15) is 11.5 Å². The van der Waals surface area contributed by atoms with Gasteiger partial charge in [0.15, 0.2) is 0 Å². The molecule has 78 valence electrons. The van der Waals surface area contributed by atoms with Crippen LogP contribution in [-0.4, -0.2) is 25.9 Å². The average molecular weight is 196 g/mol. The molecule has 0 fully saturated rings. The van der Waals surface area contributed by atoms with Crippen molar-refractivity contribution >= 4 is 0 Å². The molecule has 14 heavy (non-hydrogen) atoms. The maximum atomic E-state index is 8.77. The minimum atomic E-state index is 0.182. The Morgan fingerprint density at radius 2 is 1.71 bits per heavy atom. The normalized spacial score (nSPS) is 9.93. The van der Waals surface area contributed by atoms with Gasteiger partial charge in [-0.1, -0.05) is 6.07 Å². The van der Waals surface area contributed by atoms with Gasteiger partial charge in [0.2, 0.25) is 0 Å². The van der Waals surface area contributed by atoms with Crippen LogP contribution >= 0.6 is 0 Å². The second-order valence-electron chi connectivity index (χ2n) is 2.97. The SMILES string of the molecule is COc1cccc(OC)c1CCCO. The van der Waals surface area contributed by atoms with E-state index >= 15 is 0 Å². The molecule has 0 unspecified atom stereocenters. The van der Waals surface area contributed by atoms with E-state index in [1.165, 1.54) is 0 Å². The number of ether oxygens (including phenoxy) is 2. The highest BCUT2D eigenvalue weighted by molar-refractivity contribution is 5.44. The Bertz CT molecular complexity index is 262. The maximum Gasteiger partial charge on any atom is 0.125 e. The van der Waals surface area contributed by atoms with Crippen LogP contribution in [0.1, 0.15) is 12.0 Å². The molecular weight excluding hydrogens is 180 g/mol. The fraction of sp³-hybridized carbons (Fsp3) is 0.455. The number of benzene rings is 1. The Kier molecular flexibility index (Phi) is 4.26. The number of rotatable bonds is 5. The summed E-state index contributed by atoms with van der Waals surface area (Å²) < 4.78 is 10.4. The number of hydrogen-bond donors (Lipinski definition) is 1. The average Bonchev–Trinajstić information content (AvgIpc) is 2.25. The van der Waals surface area contributed by atoms with E-state index in [1.807, 2.05) is 18.2 Å². The summed E-state index contributed by atoms with van der Waals surface area (Å²) in [5.74, 6) is 1.63. The molecule has 1 N–H and O–H groups in total. The Hall–Kier alpha value is -1.22. The predicted octanol–water partition coefficient (Wildman–Crippen LogP) is 1.63. The van der Waals surface area contributed by atoms with E-state index in [4.69, 9.17) is 14.6 Å². The highest BCUT2D eigenvalue weighted by atomic mass is 16.5. The van der Waals surface area contributed by atoms with Crippen LogP contribution in [0.4, 0.5) is 0 Å². The van der Waals surface area contributed by atoms with Crippen molar-refractivity contribution in [1.82, 2.24) is 0 Å². The van der Waals surface area contributed by atoms with Crippen LogP contribution in [0.25, 0.3) is 0 Å². The lowest BCUT2D eigenvalue weighted by atomic mass is 10.1. The van der Waals surface area contributed by atoms with E-state index < -0.39 is 0 Å². The number of aliphatic hydroxyl groups is 1. The van der Waals surface area contributed by atoms with Gasteiger partial charge in [-0.2, -0.15) is 0 Å². The Labute approximate surface area is 84.3 Å². The number of hydrogen-bond acceptors (Lipinski definition) is 3. The molecule has 3 nitrogen and oxygen atoms in total. The molecule has 0 aliphatic carbocycles. The van der Waals surface area contributed by atoms with E-state index in [0.29, 0.717) is 0 Å². The van der Waals surface area contributed by atoms with Crippen molar-refractivity contribution in [1.29, 1.82) is 0 Å². The van der Waals surface area contributed by atoms with Crippen molar-refractivity contribution < 1.29 is 14.6 Å². The van der Waals surface area contributed by atoms with Gasteiger partial charge < -0.3 is 14.6 Å². The standard InChI is InChI=1S/C11H16O3/c1-13-10-6-3-7-11(14-2)9(10)5-4-8-12/h3,6-7,12H,4-5,8H2,1-2H3. The van der Waals surface area contributed by atoms with Crippen molar-refractivity contribution in [2.75, 3.05) is 20.8 Å². The zero-order valence-electron chi connectivity index (χ0n) is 8.62. The fourth-order valence-electron chi connectivity index (χ4n) is 1.43. The van der Waals surface area contributed by atoms with Crippen LogP contribution in [0.5, 0.6) is 11.5 Å². The first-order valence-electron chi connectivity index (χ1n) is 4.64. The van der Waals surface area contributed by atoms with E-state index in [-0.39, 0.29) is 6.61 Å². The van der Waals surface area contributed by atoms with Gasteiger partial charge in [-0.05, 0) is 25.0 Å². The van der Waals surface area contributed by atoms with Crippen molar-refractivity contribution in [3.63, 3.8) is 0 Å². The van der Waals surface area contributed by atoms with E-state index in [0.717, 1.165) is 29.9 Å². The summed E-state index contributed by atoms with van der Waals surface area (Å²) in [5, 5.41) is 8.77. The molecule has 0 spiro atoms. The van der Waals surface area contributed by atoms with Crippen LogP contribution in [0, 0.1) is 0 Å². The zero-order chi connectivity index (χ0) is 10.4. The zero-order valence-corrected chi connectivity index (χ0v) is 8.62. The maximum absolute atomic E-state index is 8.77. The third-order valence-corrected chi connectivity index (χ3v) is 2.11. The summed E-state index contributed by atoms with van der Waals surface area (Å²) in [6, 6.07) is 5.69. The smallest absolute Gasteiger partial charge is 0.125 e. The summed E-state index contributed by atoms with van der Waals surface area (Å²) in [5.41, 5.74) is 1.02. The molecule has 0 saturated carbocycles. The van der Waals surface area contributed by atoms with Crippen molar-refractivity contribution in [3.8, 4) is 11.5 Å². The van der Waals surface area contributed by atoms with Gasteiger partial charge in [-0.3, -0.25) is 0 Å². The molecule has 1 aromatic carbocycles. The van der Waals surface area contributed by atoms with Gasteiger partial charge in [-0.25, -0.2) is 0 Å². The van der Waals surface area contributed by atoms with E-state index in [9.17, 15) is 0 Å². The largest absolute Gasteiger partial charge is 0.496 e. The molecule has 0 aliphatic heterocycles. The third-order valence-electron chi connectivity index (χ3n) is 2.11. The molecule has 0 aromatic heterocycles. The van der Waals surface area contributed by atoms with Crippen LogP contribution in [-0.2, 0) is 6.42 Å². The van der Waals surface area contributed by atoms with Gasteiger partial charge >= 0.3 is 0 Å². The monoisotopic (exact) mass is 196 g/mol. The topological polar surface area (TPSA) is 38.7 Å². The summed E-state index contributed by atoms with van der Waals surface area (Å²) >= 11 is 0. The quantitative estimate of drug-likeness (QED) is 0.777. The Balaban J connectivity index is 2.93. The lowest BCUT2D eigenvalue weighted by molar-refractivity contribution is 0.286. The summed E-state index contributed by atoms with van der Waals surface area (Å²) in [6.07, 6.45) is 1.49. The van der Waals surface area contributed by atoms with Crippen LogP contribution in [0.15, 0.2) is 18.2 Å². The molecule has 0 amide bonds. The van der Waals surface area contributed by atoms with Crippen LogP contribution in [0.2, 0.25) is 0 Å². The van der Waals surface area contributed by atoms with Crippen molar-refractivity contribution in [3.05, 3.63) is 23.8 Å². The molecule has 3 heteroatoms. The van der Waals surface area contributed by atoms with Crippen molar-refractivity contribution in [2.45, 2.75) is 12.8 Å². The van der Waals surface area contributed by atoms with Crippen molar-refractivity contribution in [2.24, 2.45) is 0 Å². The number of aliphatic hydroxyl groups excluding tert-OH is 1. The first-order chi connectivity index (χ1) is 6.83. The molecular formula is C11H16O3. The van der Waals surface area contributed by atoms with Gasteiger partial charge in [0.05, 0.1) is 14.2 Å². The minimum absolute atomic E-state index is 0.182. The van der Waals surface area contributed by atoms with Gasteiger partial charge in [0, 0.05) is 12.2 Å². The first-order valence-corrected chi connectivity index (χ1v) is 4.64. The molecule has 0 saturated heterocycles. The van der Waals surface area contributed by atoms with Gasteiger partial charge in [-0.15, -0.1) is 0 Å². The molecule has 0 bridgehead atoms. The van der Waals surface area contributed by atoms with E-state index in [2.05, 4.69) is 0 Å². The molecule has 0 radical (unpaired) electrons. The van der Waals surface area contributed by atoms with Crippen LogP contribution < -0.4 is 9.47 Å². The molecule has 1 rings (SSSR count). The Morgan fingerprint density at radius 3 is 2.14 bits per heavy atom. The van der Waals surface area contributed by atoms with Crippen LogP contribution in [0.3, 0.4) is 0 Å². The highest BCUT2D eigenvalue weighted by Crippen LogP contribution is 2.29. The lowest BCUT2D eigenvalue weighted by Gasteiger charge is -2.12. The predicted molar refractivity (Wildman–Crippen MR) is 55.0 cm³/mol. The first kappa shape index (κ1) is 10.9. The minimum Gasteiger partial charge on any atom is -0.496 e. The molecule has 0 aliphatic rings. The summed E-state index contributed by atoms with van der Waals surface area (Å²) in [6.45, 7) is 0.182. The molecule has 0 atom stereocenters. The van der Waals surface area contributed by atoms with Gasteiger partial charge in [0.25, 0.3) is 0 Å². The second-order valence-corrected chi connectivity index (χ2v) is 2.97. The lowest BCUT2D eigenvalue weighted by Crippen LogP contribution is -1.98. The Morgan fingerprint density at radius 1 is 1.14 bits per heavy atom. The third kappa shape index (κ3) is 2.39. The fourth-order valence-corrected chi connectivity index (χ4v) is 1.43.